The minimum atomic E-state index is 0.260. The van der Waals surface area contributed by atoms with E-state index in [-0.39, 0.29) is 5.41 Å². The van der Waals surface area contributed by atoms with Crippen molar-refractivity contribution >= 4 is 11.7 Å². The lowest BCUT2D eigenvalue weighted by Gasteiger charge is -2.48. The van der Waals surface area contributed by atoms with Crippen molar-refractivity contribution in [1.29, 1.82) is 0 Å². The van der Waals surface area contributed by atoms with Gasteiger partial charge < -0.3 is 9.80 Å². The van der Waals surface area contributed by atoms with E-state index >= 15 is 0 Å². The summed E-state index contributed by atoms with van der Waals surface area (Å²) in [5.74, 6) is 1.54. The van der Waals surface area contributed by atoms with Crippen LogP contribution >= 0.6 is 0 Å². The standard InChI is InChI=1S/C20H30N4O/c1-2-3-11-23-13-20(10-8-18(23)25)9-5-12-24(14-20)19-16-6-4-7-17(16)21-15-22-19/h15H,2-14H2,1H3/t20-/m0/s1. The Balaban J connectivity index is 1.53. The summed E-state index contributed by atoms with van der Waals surface area (Å²) in [4.78, 5) is 26.1. The van der Waals surface area contributed by atoms with E-state index in [0.29, 0.717) is 5.91 Å². The molecule has 0 bridgehead atoms. The topological polar surface area (TPSA) is 49.3 Å². The zero-order chi connectivity index (χ0) is 17.3. The molecule has 2 saturated heterocycles. The van der Waals surface area contributed by atoms with Crippen LogP contribution in [0.4, 0.5) is 5.82 Å². The number of aryl methyl sites for hydroxylation is 1. The van der Waals surface area contributed by atoms with Crippen molar-refractivity contribution in [2.75, 3.05) is 31.1 Å². The summed E-state index contributed by atoms with van der Waals surface area (Å²) in [6, 6.07) is 0. The SMILES string of the molecule is CCCCN1C[C@]2(CCCN(c3ncnc4c3CCC4)C2)CCC1=O. The van der Waals surface area contributed by atoms with E-state index in [1.807, 2.05) is 0 Å². The number of anilines is 1. The molecule has 2 aliphatic heterocycles. The van der Waals surface area contributed by atoms with Crippen molar-refractivity contribution < 1.29 is 4.79 Å². The molecule has 3 heterocycles. The van der Waals surface area contributed by atoms with Gasteiger partial charge in [-0.3, -0.25) is 4.79 Å². The zero-order valence-electron chi connectivity index (χ0n) is 15.5. The maximum absolute atomic E-state index is 12.3. The second kappa shape index (κ2) is 6.93. The van der Waals surface area contributed by atoms with E-state index in [2.05, 4.69) is 26.7 Å². The minimum absolute atomic E-state index is 0.260. The molecule has 0 aromatic carbocycles. The van der Waals surface area contributed by atoms with Crippen molar-refractivity contribution in [3.63, 3.8) is 0 Å². The van der Waals surface area contributed by atoms with Crippen LogP contribution in [0.25, 0.3) is 0 Å². The van der Waals surface area contributed by atoms with Crippen LogP contribution in [0.15, 0.2) is 6.33 Å². The predicted molar refractivity (Wildman–Crippen MR) is 98.7 cm³/mol. The number of likely N-dealkylation sites (tertiary alicyclic amines) is 1. The molecule has 5 nitrogen and oxygen atoms in total. The second-order valence-electron chi connectivity index (χ2n) is 8.17. The number of unbranched alkanes of at least 4 members (excludes halogenated alkanes) is 1. The van der Waals surface area contributed by atoms with E-state index in [9.17, 15) is 4.79 Å². The van der Waals surface area contributed by atoms with Gasteiger partial charge in [-0.15, -0.1) is 0 Å². The van der Waals surface area contributed by atoms with Gasteiger partial charge >= 0.3 is 0 Å². The molecule has 136 valence electrons. The van der Waals surface area contributed by atoms with Crippen LogP contribution in [-0.2, 0) is 17.6 Å². The first-order chi connectivity index (χ1) is 12.2. The smallest absolute Gasteiger partial charge is 0.222 e. The first kappa shape index (κ1) is 16.8. The maximum atomic E-state index is 12.3. The van der Waals surface area contributed by atoms with Crippen molar-refractivity contribution in [1.82, 2.24) is 14.9 Å². The van der Waals surface area contributed by atoms with Crippen LogP contribution < -0.4 is 4.90 Å². The Morgan fingerprint density at radius 1 is 1.12 bits per heavy atom. The number of nitrogens with zero attached hydrogens (tertiary/aromatic N) is 4. The third kappa shape index (κ3) is 3.25. The van der Waals surface area contributed by atoms with E-state index in [1.165, 1.54) is 36.3 Å². The predicted octanol–water partition coefficient (Wildman–Crippen LogP) is 2.97. The monoisotopic (exact) mass is 342 g/mol. The fourth-order valence-corrected chi connectivity index (χ4v) is 4.99. The van der Waals surface area contributed by atoms with Gasteiger partial charge in [0.1, 0.15) is 12.1 Å². The molecule has 1 atom stereocenters. The lowest BCUT2D eigenvalue weighted by molar-refractivity contribution is -0.138. The molecule has 1 spiro atoms. The highest BCUT2D eigenvalue weighted by atomic mass is 16.2. The first-order valence-corrected chi connectivity index (χ1v) is 10.1. The van der Waals surface area contributed by atoms with Crippen molar-refractivity contribution in [3.8, 4) is 0 Å². The quantitative estimate of drug-likeness (QED) is 0.844. The Hall–Kier alpha value is -1.65. The van der Waals surface area contributed by atoms with Crippen LogP contribution in [-0.4, -0.2) is 47.0 Å². The number of rotatable bonds is 4. The minimum Gasteiger partial charge on any atom is -0.356 e. The Labute approximate surface area is 150 Å². The van der Waals surface area contributed by atoms with Gasteiger partial charge in [-0.05, 0) is 44.9 Å². The van der Waals surface area contributed by atoms with Crippen molar-refractivity contribution in [2.45, 2.75) is 64.7 Å². The van der Waals surface area contributed by atoms with Crippen LogP contribution in [0.3, 0.4) is 0 Å². The number of fused-ring (bicyclic) bond motifs is 1. The lowest BCUT2D eigenvalue weighted by atomic mass is 9.73. The first-order valence-electron chi connectivity index (χ1n) is 10.1. The largest absolute Gasteiger partial charge is 0.356 e. The normalized spacial score (nSPS) is 26.4. The summed E-state index contributed by atoms with van der Waals surface area (Å²) in [7, 11) is 0. The average molecular weight is 342 g/mol. The maximum Gasteiger partial charge on any atom is 0.222 e. The molecule has 4 rings (SSSR count). The van der Waals surface area contributed by atoms with Gasteiger partial charge in [-0.2, -0.15) is 0 Å². The number of carbonyl (C=O) groups is 1. The summed E-state index contributed by atoms with van der Waals surface area (Å²) < 4.78 is 0. The molecule has 1 aromatic heterocycles. The molecule has 0 radical (unpaired) electrons. The molecule has 0 unspecified atom stereocenters. The van der Waals surface area contributed by atoms with Gasteiger partial charge in [-0.25, -0.2) is 9.97 Å². The van der Waals surface area contributed by atoms with Crippen LogP contribution in [0.5, 0.6) is 0 Å². The molecule has 5 heteroatoms. The number of hydrogen-bond donors (Lipinski definition) is 0. The number of amides is 1. The molecule has 0 saturated carbocycles. The Bertz CT molecular complexity index is 647. The molecular formula is C20H30N4O. The molecular weight excluding hydrogens is 312 g/mol. The molecule has 25 heavy (non-hydrogen) atoms. The van der Waals surface area contributed by atoms with Gasteiger partial charge in [0.2, 0.25) is 5.91 Å². The number of hydrogen-bond acceptors (Lipinski definition) is 4. The van der Waals surface area contributed by atoms with Crippen molar-refractivity contribution in [2.24, 2.45) is 5.41 Å². The van der Waals surface area contributed by atoms with E-state index in [4.69, 9.17) is 0 Å². The third-order valence-corrected chi connectivity index (χ3v) is 6.34. The van der Waals surface area contributed by atoms with Crippen LogP contribution in [0.2, 0.25) is 0 Å². The van der Waals surface area contributed by atoms with Crippen LogP contribution in [0, 0.1) is 5.41 Å². The van der Waals surface area contributed by atoms with E-state index in [0.717, 1.165) is 64.7 Å². The summed E-state index contributed by atoms with van der Waals surface area (Å²) in [5, 5.41) is 0. The van der Waals surface area contributed by atoms with Gasteiger partial charge in [0, 0.05) is 49.3 Å². The Kier molecular flexibility index (Phi) is 4.65. The second-order valence-corrected chi connectivity index (χ2v) is 8.17. The number of piperidine rings is 2. The molecule has 1 amide bonds. The number of carbonyl (C=O) groups excluding carboxylic acids is 1. The van der Waals surface area contributed by atoms with Gasteiger partial charge in [0.15, 0.2) is 0 Å². The van der Waals surface area contributed by atoms with Gasteiger partial charge in [0.05, 0.1) is 0 Å². The molecule has 3 aliphatic rings. The molecule has 2 fully saturated rings. The summed E-state index contributed by atoms with van der Waals surface area (Å²) >= 11 is 0. The summed E-state index contributed by atoms with van der Waals surface area (Å²) in [6.07, 6.45) is 11.6. The highest BCUT2D eigenvalue weighted by Crippen LogP contribution is 2.41. The van der Waals surface area contributed by atoms with Crippen molar-refractivity contribution in [3.05, 3.63) is 17.6 Å². The molecule has 1 aliphatic carbocycles. The average Bonchev–Trinajstić information content (AvgIpc) is 3.11. The fraction of sp³-hybridized carbons (Fsp3) is 0.750. The lowest BCUT2D eigenvalue weighted by Crippen LogP contribution is -2.54. The van der Waals surface area contributed by atoms with Gasteiger partial charge in [0.25, 0.3) is 0 Å². The van der Waals surface area contributed by atoms with E-state index in [1.54, 1.807) is 6.33 Å². The zero-order valence-corrected chi connectivity index (χ0v) is 15.5. The third-order valence-electron chi connectivity index (χ3n) is 6.34. The highest BCUT2D eigenvalue weighted by Gasteiger charge is 2.42. The van der Waals surface area contributed by atoms with E-state index < -0.39 is 0 Å². The fourth-order valence-electron chi connectivity index (χ4n) is 4.99. The Morgan fingerprint density at radius 3 is 2.92 bits per heavy atom. The summed E-state index contributed by atoms with van der Waals surface area (Å²) in [5.41, 5.74) is 2.90. The van der Waals surface area contributed by atoms with Crippen LogP contribution in [0.1, 0.15) is 63.1 Å². The number of aromatic nitrogens is 2. The Morgan fingerprint density at radius 2 is 2.04 bits per heavy atom. The molecule has 1 aromatic rings. The summed E-state index contributed by atoms with van der Waals surface area (Å²) in [6.45, 7) is 6.21. The highest BCUT2D eigenvalue weighted by molar-refractivity contribution is 5.77. The van der Waals surface area contributed by atoms with Gasteiger partial charge in [-0.1, -0.05) is 13.3 Å². The molecule has 0 N–H and O–H groups in total.